The van der Waals surface area contributed by atoms with Crippen LogP contribution >= 0.6 is 15.9 Å². The normalized spacial score (nSPS) is 13.8. The molecule has 1 rings (SSSR count). The summed E-state index contributed by atoms with van der Waals surface area (Å²) in [6.45, 7) is 1.87. The van der Waals surface area contributed by atoms with E-state index in [2.05, 4.69) is 15.9 Å². The minimum absolute atomic E-state index is 0.0644. The van der Waals surface area contributed by atoms with Crippen molar-refractivity contribution in [3.63, 3.8) is 0 Å². The minimum atomic E-state index is -4.15. The summed E-state index contributed by atoms with van der Waals surface area (Å²) in [6.07, 6.45) is -5.81. The maximum atomic E-state index is 12.0. The number of alkyl halides is 3. The molecule has 1 N–H and O–H groups in total. The lowest BCUT2D eigenvalue weighted by Crippen LogP contribution is -2.08. The van der Waals surface area contributed by atoms with Gasteiger partial charge in [-0.15, -0.1) is 0 Å². The molecule has 0 spiro atoms. The van der Waals surface area contributed by atoms with Crippen LogP contribution < -0.4 is 0 Å². The number of aliphatic hydroxyl groups is 1. The predicted octanol–water partition coefficient (Wildman–Crippen LogP) is 4.52. The third-order valence-corrected chi connectivity index (χ3v) is 3.17. The number of aliphatic hydroxyl groups excluding tert-OH is 1. The van der Waals surface area contributed by atoms with E-state index in [4.69, 9.17) is 0 Å². The van der Waals surface area contributed by atoms with Crippen molar-refractivity contribution >= 4 is 15.9 Å². The van der Waals surface area contributed by atoms with Crippen LogP contribution in [0.4, 0.5) is 13.2 Å². The zero-order valence-corrected chi connectivity index (χ0v) is 11.0. The lowest BCUT2D eigenvalue weighted by atomic mass is 10.0. The van der Waals surface area contributed by atoms with Crippen LogP contribution in [0.5, 0.6) is 0 Å². The Balaban J connectivity index is 2.58. The summed E-state index contributed by atoms with van der Waals surface area (Å²) in [4.78, 5) is 0. The van der Waals surface area contributed by atoms with E-state index in [0.717, 1.165) is 10.0 Å². The van der Waals surface area contributed by atoms with Crippen LogP contribution in [-0.2, 0) is 0 Å². The molecule has 0 radical (unpaired) electrons. The maximum Gasteiger partial charge on any atom is 0.389 e. The Bertz CT molecular complexity index is 377. The van der Waals surface area contributed by atoms with Crippen LogP contribution in [0, 0.1) is 6.92 Å². The monoisotopic (exact) mass is 310 g/mol. The van der Waals surface area contributed by atoms with Gasteiger partial charge < -0.3 is 5.11 Å². The quantitative estimate of drug-likeness (QED) is 0.866. The van der Waals surface area contributed by atoms with Crippen molar-refractivity contribution in [2.24, 2.45) is 0 Å². The SMILES string of the molecule is Cc1ccc(Br)c(C(O)CCCC(F)(F)F)c1. The average Bonchev–Trinajstić information content (AvgIpc) is 2.19. The molecule has 0 aliphatic heterocycles. The second-order valence-electron chi connectivity index (χ2n) is 4.05. The highest BCUT2D eigenvalue weighted by atomic mass is 79.9. The fraction of sp³-hybridized carbons (Fsp3) is 0.500. The molecule has 0 fully saturated rings. The molecule has 0 heterocycles. The number of aryl methyl sites for hydroxylation is 1. The Morgan fingerprint density at radius 2 is 2.00 bits per heavy atom. The molecule has 0 saturated heterocycles. The van der Waals surface area contributed by atoms with E-state index in [-0.39, 0.29) is 12.8 Å². The first kappa shape index (κ1) is 14.5. The number of rotatable bonds is 4. The van der Waals surface area contributed by atoms with Gasteiger partial charge in [0.2, 0.25) is 0 Å². The average molecular weight is 311 g/mol. The molecule has 1 atom stereocenters. The van der Waals surface area contributed by atoms with Gasteiger partial charge in [-0.2, -0.15) is 13.2 Å². The van der Waals surface area contributed by atoms with Gasteiger partial charge in [-0.05, 0) is 31.4 Å². The van der Waals surface area contributed by atoms with Crippen molar-refractivity contribution in [3.05, 3.63) is 33.8 Å². The van der Waals surface area contributed by atoms with Gasteiger partial charge in [0.25, 0.3) is 0 Å². The van der Waals surface area contributed by atoms with Crippen molar-refractivity contribution in [2.45, 2.75) is 38.5 Å². The molecule has 0 aliphatic carbocycles. The number of hydrogen-bond acceptors (Lipinski definition) is 1. The van der Waals surface area contributed by atoms with E-state index in [9.17, 15) is 18.3 Å². The molecule has 96 valence electrons. The molecular weight excluding hydrogens is 297 g/mol. The molecule has 1 nitrogen and oxygen atoms in total. The van der Waals surface area contributed by atoms with E-state index >= 15 is 0 Å². The Labute approximate surface area is 107 Å². The van der Waals surface area contributed by atoms with Crippen LogP contribution in [0.1, 0.15) is 36.5 Å². The lowest BCUT2D eigenvalue weighted by Gasteiger charge is -2.14. The highest BCUT2D eigenvalue weighted by Crippen LogP contribution is 2.30. The maximum absolute atomic E-state index is 12.0. The molecule has 1 aromatic rings. The van der Waals surface area contributed by atoms with E-state index in [1.54, 1.807) is 12.1 Å². The van der Waals surface area contributed by atoms with Crippen LogP contribution in [0.15, 0.2) is 22.7 Å². The zero-order valence-electron chi connectivity index (χ0n) is 9.39. The van der Waals surface area contributed by atoms with E-state index in [1.807, 2.05) is 13.0 Å². The standard InChI is InChI=1S/C12H14BrF3O/c1-8-4-5-10(13)9(7-8)11(17)3-2-6-12(14,15)16/h4-5,7,11,17H,2-3,6H2,1H3. The summed E-state index contributed by atoms with van der Waals surface area (Å²) < 4.78 is 36.6. The Hall–Kier alpha value is -0.550. The molecule has 1 aromatic carbocycles. The Kier molecular flexibility index (Phi) is 5.01. The zero-order chi connectivity index (χ0) is 13.1. The van der Waals surface area contributed by atoms with E-state index in [0.29, 0.717) is 5.56 Å². The van der Waals surface area contributed by atoms with Crippen molar-refractivity contribution in [2.75, 3.05) is 0 Å². The van der Waals surface area contributed by atoms with Gasteiger partial charge in [-0.3, -0.25) is 0 Å². The number of benzene rings is 1. The topological polar surface area (TPSA) is 20.2 Å². The van der Waals surface area contributed by atoms with Crippen LogP contribution in [0.3, 0.4) is 0 Å². The Morgan fingerprint density at radius 3 is 2.59 bits per heavy atom. The van der Waals surface area contributed by atoms with Crippen molar-refractivity contribution in [1.29, 1.82) is 0 Å². The van der Waals surface area contributed by atoms with Crippen LogP contribution in [-0.4, -0.2) is 11.3 Å². The molecule has 0 aliphatic rings. The first-order valence-electron chi connectivity index (χ1n) is 5.30. The summed E-state index contributed by atoms with van der Waals surface area (Å²) in [5.41, 5.74) is 1.62. The van der Waals surface area contributed by atoms with Gasteiger partial charge in [0, 0.05) is 10.9 Å². The van der Waals surface area contributed by atoms with Crippen molar-refractivity contribution in [3.8, 4) is 0 Å². The minimum Gasteiger partial charge on any atom is -0.388 e. The summed E-state index contributed by atoms with van der Waals surface area (Å²) in [7, 11) is 0. The molecule has 0 amide bonds. The summed E-state index contributed by atoms with van der Waals surface area (Å²) in [6, 6.07) is 5.44. The molecule has 17 heavy (non-hydrogen) atoms. The van der Waals surface area contributed by atoms with Gasteiger partial charge in [-0.1, -0.05) is 33.6 Å². The van der Waals surface area contributed by atoms with E-state index in [1.165, 1.54) is 0 Å². The lowest BCUT2D eigenvalue weighted by molar-refractivity contribution is -0.136. The van der Waals surface area contributed by atoms with Gasteiger partial charge in [0.1, 0.15) is 0 Å². The summed E-state index contributed by atoms with van der Waals surface area (Å²) in [5.74, 6) is 0. The van der Waals surface area contributed by atoms with Gasteiger partial charge in [0.05, 0.1) is 6.10 Å². The second kappa shape index (κ2) is 5.87. The van der Waals surface area contributed by atoms with Crippen molar-refractivity contribution < 1.29 is 18.3 Å². The summed E-state index contributed by atoms with van der Waals surface area (Å²) in [5, 5.41) is 9.83. The molecule has 5 heteroatoms. The highest BCUT2D eigenvalue weighted by molar-refractivity contribution is 9.10. The first-order chi connectivity index (χ1) is 7.79. The largest absolute Gasteiger partial charge is 0.389 e. The van der Waals surface area contributed by atoms with Gasteiger partial charge in [-0.25, -0.2) is 0 Å². The molecule has 0 aromatic heterocycles. The molecule has 0 bridgehead atoms. The molecule has 0 saturated carbocycles. The first-order valence-corrected chi connectivity index (χ1v) is 6.10. The predicted molar refractivity (Wildman–Crippen MR) is 63.7 cm³/mol. The summed E-state index contributed by atoms with van der Waals surface area (Å²) >= 11 is 3.28. The van der Waals surface area contributed by atoms with Crippen LogP contribution in [0.2, 0.25) is 0 Å². The number of hydrogen-bond donors (Lipinski definition) is 1. The van der Waals surface area contributed by atoms with Gasteiger partial charge in [0.15, 0.2) is 0 Å². The van der Waals surface area contributed by atoms with Crippen LogP contribution in [0.25, 0.3) is 0 Å². The fourth-order valence-corrected chi connectivity index (χ4v) is 2.08. The molecule has 1 unspecified atom stereocenters. The van der Waals surface area contributed by atoms with Gasteiger partial charge >= 0.3 is 6.18 Å². The smallest absolute Gasteiger partial charge is 0.388 e. The van der Waals surface area contributed by atoms with Crippen molar-refractivity contribution in [1.82, 2.24) is 0 Å². The number of halogens is 4. The Morgan fingerprint density at radius 1 is 1.35 bits per heavy atom. The molecular formula is C12H14BrF3O. The van der Waals surface area contributed by atoms with E-state index < -0.39 is 18.7 Å². The highest BCUT2D eigenvalue weighted by Gasteiger charge is 2.26. The second-order valence-corrected chi connectivity index (χ2v) is 4.90. The third-order valence-electron chi connectivity index (χ3n) is 2.45. The fourth-order valence-electron chi connectivity index (χ4n) is 1.57. The third kappa shape index (κ3) is 5.08.